The van der Waals surface area contributed by atoms with E-state index in [0.717, 1.165) is 16.4 Å². The van der Waals surface area contributed by atoms with Crippen molar-refractivity contribution >= 4 is 17.5 Å². The minimum absolute atomic E-state index is 0.207. The number of carbonyl (C=O) groups is 1. The molecule has 1 aliphatic carbocycles. The Labute approximate surface area is 124 Å². The van der Waals surface area contributed by atoms with Crippen molar-refractivity contribution in [2.75, 3.05) is 5.75 Å². The number of hydrogen-bond donors (Lipinski definition) is 0. The second-order valence-corrected chi connectivity index (χ2v) is 6.32. The van der Waals surface area contributed by atoms with Gasteiger partial charge in [0.2, 0.25) is 0 Å². The van der Waals surface area contributed by atoms with Crippen LogP contribution in [0, 0.1) is 0 Å². The Morgan fingerprint density at radius 2 is 1.70 bits per heavy atom. The Morgan fingerprint density at radius 1 is 1.00 bits per heavy atom. The van der Waals surface area contributed by atoms with Gasteiger partial charge in [-0.1, -0.05) is 48.9 Å². The normalized spacial score (nSPS) is 14.8. The van der Waals surface area contributed by atoms with Crippen LogP contribution in [0.25, 0.3) is 0 Å². The van der Waals surface area contributed by atoms with Gasteiger partial charge in [0, 0.05) is 10.5 Å². The molecule has 2 aromatic carbocycles. The van der Waals surface area contributed by atoms with Crippen LogP contribution in [0.4, 0.5) is 0 Å². The highest BCUT2D eigenvalue weighted by Crippen LogP contribution is 2.36. The summed E-state index contributed by atoms with van der Waals surface area (Å²) in [7, 11) is 0. The molecule has 0 aromatic heterocycles. The number of carbonyl (C=O) groups excluding carboxylic acids is 1. The van der Waals surface area contributed by atoms with Gasteiger partial charge >= 0.3 is 0 Å². The molecule has 0 N–H and O–H groups in total. The Bertz CT molecular complexity index is 570. The number of hydrogen-bond acceptors (Lipinski definition) is 2. The largest absolute Gasteiger partial charge is 0.293 e. The summed E-state index contributed by atoms with van der Waals surface area (Å²) < 4.78 is 0. The van der Waals surface area contributed by atoms with Gasteiger partial charge in [-0.25, -0.2) is 0 Å². The van der Waals surface area contributed by atoms with E-state index in [1.807, 2.05) is 42.5 Å². The molecule has 1 aliphatic rings. The van der Waals surface area contributed by atoms with Gasteiger partial charge in [-0.15, -0.1) is 11.8 Å². The standard InChI is InChI=1S/C18H18OS/c19-18(13-20-17-7-2-1-3-8-17)16-11-9-15(10-12-16)14-5-4-6-14/h1-3,7-12,14H,4-6,13H2. The van der Waals surface area contributed by atoms with Crippen LogP contribution in [0.3, 0.4) is 0 Å². The molecule has 2 heteroatoms. The molecule has 102 valence electrons. The van der Waals surface area contributed by atoms with E-state index in [4.69, 9.17) is 0 Å². The minimum atomic E-state index is 0.207. The number of ketones is 1. The summed E-state index contributed by atoms with van der Waals surface area (Å²) in [4.78, 5) is 13.3. The maximum Gasteiger partial charge on any atom is 0.173 e. The van der Waals surface area contributed by atoms with Crippen molar-refractivity contribution in [2.45, 2.75) is 30.1 Å². The molecule has 0 heterocycles. The predicted molar refractivity (Wildman–Crippen MR) is 84.5 cm³/mol. The number of Topliss-reactive ketones (excluding diaryl/α,β-unsaturated/α-hetero) is 1. The molecule has 0 bridgehead atoms. The molecule has 0 unspecified atom stereocenters. The Hall–Kier alpha value is -1.54. The minimum Gasteiger partial charge on any atom is -0.293 e. The lowest BCUT2D eigenvalue weighted by molar-refractivity contribution is 0.102. The predicted octanol–water partition coefficient (Wildman–Crippen LogP) is 4.93. The molecule has 1 nitrogen and oxygen atoms in total. The second-order valence-electron chi connectivity index (χ2n) is 5.27. The SMILES string of the molecule is O=C(CSc1ccccc1)c1ccc(C2CCC2)cc1. The third-order valence-electron chi connectivity index (χ3n) is 3.92. The molecule has 0 saturated heterocycles. The van der Waals surface area contributed by atoms with Crippen molar-refractivity contribution in [2.24, 2.45) is 0 Å². The summed E-state index contributed by atoms with van der Waals surface area (Å²) in [6.07, 6.45) is 3.95. The van der Waals surface area contributed by atoms with E-state index >= 15 is 0 Å². The van der Waals surface area contributed by atoms with Gasteiger partial charge in [0.1, 0.15) is 0 Å². The van der Waals surface area contributed by atoms with Gasteiger partial charge < -0.3 is 0 Å². The average molecular weight is 282 g/mol. The first-order valence-electron chi connectivity index (χ1n) is 7.14. The van der Waals surface area contributed by atoms with E-state index in [-0.39, 0.29) is 5.78 Å². The van der Waals surface area contributed by atoms with E-state index in [2.05, 4.69) is 12.1 Å². The molecule has 1 saturated carbocycles. The fraction of sp³-hybridized carbons (Fsp3) is 0.278. The van der Waals surface area contributed by atoms with E-state index in [1.54, 1.807) is 11.8 Å². The smallest absolute Gasteiger partial charge is 0.173 e. The lowest BCUT2D eigenvalue weighted by Gasteiger charge is -2.25. The molecule has 20 heavy (non-hydrogen) atoms. The topological polar surface area (TPSA) is 17.1 Å². The monoisotopic (exact) mass is 282 g/mol. The zero-order valence-corrected chi connectivity index (χ0v) is 12.2. The van der Waals surface area contributed by atoms with Gasteiger partial charge in [-0.3, -0.25) is 4.79 Å². The molecule has 0 radical (unpaired) electrons. The quantitative estimate of drug-likeness (QED) is 0.571. The van der Waals surface area contributed by atoms with Crippen molar-refractivity contribution in [1.29, 1.82) is 0 Å². The van der Waals surface area contributed by atoms with Gasteiger partial charge in [0.05, 0.1) is 5.75 Å². The average Bonchev–Trinajstić information content (AvgIpc) is 2.45. The van der Waals surface area contributed by atoms with Crippen LogP contribution in [0.15, 0.2) is 59.5 Å². The van der Waals surface area contributed by atoms with Crippen molar-refractivity contribution in [3.05, 3.63) is 65.7 Å². The summed E-state index contributed by atoms with van der Waals surface area (Å²) in [6.45, 7) is 0. The van der Waals surface area contributed by atoms with Crippen LogP contribution in [0.1, 0.15) is 41.1 Å². The first-order chi connectivity index (χ1) is 9.83. The van der Waals surface area contributed by atoms with Crippen LogP contribution in [0.5, 0.6) is 0 Å². The maximum atomic E-state index is 12.2. The van der Waals surface area contributed by atoms with Crippen molar-refractivity contribution in [3.63, 3.8) is 0 Å². The van der Waals surface area contributed by atoms with Crippen LogP contribution >= 0.6 is 11.8 Å². The molecule has 2 aromatic rings. The van der Waals surface area contributed by atoms with Gasteiger partial charge in [-0.05, 0) is 36.5 Å². The van der Waals surface area contributed by atoms with E-state index in [9.17, 15) is 4.79 Å². The summed E-state index contributed by atoms with van der Waals surface area (Å²) in [5, 5.41) is 0. The zero-order chi connectivity index (χ0) is 13.8. The molecule has 0 aliphatic heterocycles. The van der Waals surface area contributed by atoms with Crippen LogP contribution in [-0.4, -0.2) is 11.5 Å². The Kier molecular flexibility index (Phi) is 4.22. The zero-order valence-electron chi connectivity index (χ0n) is 11.4. The van der Waals surface area contributed by atoms with Crippen molar-refractivity contribution < 1.29 is 4.79 Å². The first-order valence-corrected chi connectivity index (χ1v) is 8.12. The highest BCUT2D eigenvalue weighted by Gasteiger charge is 2.19. The Balaban J connectivity index is 1.59. The number of thioether (sulfide) groups is 1. The number of benzene rings is 2. The lowest BCUT2D eigenvalue weighted by atomic mass is 9.80. The first kappa shape index (κ1) is 13.4. The third kappa shape index (κ3) is 3.13. The fourth-order valence-electron chi connectivity index (χ4n) is 2.43. The van der Waals surface area contributed by atoms with Crippen molar-refractivity contribution in [3.8, 4) is 0 Å². The van der Waals surface area contributed by atoms with Gasteiger partial charge in [-0.2, -0.15) is 0 Å². The van der Waals surface area contributed by atoms with Gasteiger partial charge in [0.25, 0.3) is 0 Å². The second kappa shape index (κ2) is 6.27. The Morgan fingerprint density at radius 3 is 2.30 bits per heavy atom. The van der Waals surface area contributed by atoms with Crippen molar-refractivity contribution in [1.82, 2.24) is 0 Å². The summed E-state index contributed by atoms with van der Waals surface area (Å²) >= 11 is 1.60. The third-order valence-corrected chi connectivity index (χ3v) is 4.93. The lowest BCUT2D eigenvalue weighted by Crippen LogP contribution is -2.09. The molecular formula is C18H18OS. The molecule has 3 rings (SSSR count). The summed E-state index contributed by atoms with van der Waals surface area (Å²) in [6, 6.07) is 18.3. The van der Waals surface area contributed by atoms with Crippen LogP contribution in [-0.2, 0) is 0 Å². The fourth-order valence-corrected chi connectivity index (χ4v) is 3.25. The van der Waals surface area contributed by atoms with E-state index in [0.29, 0.717) is 5.75 Å². The maximum absolute atomic E-state index is 12.2. The summed E-state index contributed by atoms with van der Waals surface area (Å²) in [5.41, 5.74) is 2.22. The van der Waals surface area contributed by atoms with E-state index < -0.39 is 0 Å². The highest BCUT2D eigenvalue weighted by atomic mass is 32.2. The van der Waals surface area contributed by atoms with Crippen LogP contribution < -0.4 is 0 Å². The molecule has 0 amide bonds. The molecular weight excluding hydrogens is 264 g/mol. The summed E-state index contributed by atoms with van der Waals surface area (Å²) in [5.74, 6) is 1.45. The van der Waals surface area contributed by atoms with Crippen LogP contribution in [0.2, 0.25) is 0 Å². The highest BCUT2D eigenvalue weighted by molar-refractivity contribution is 8.00. The number of rotatable bonds is 5. The molecule has 0 atom stereocenters. The van der Waals surface area contributed by atoms with E-state index in [1.165, 1.54) is 24.8 Å². The molecule has 1 fully saturated rings. The van der Waals surface area contributed by atoms with Gasteiger partial charge in [0.15, 0.2) is 5.78 Å². The molecule has 0 spiro atoms.